The zero-order valence-corrected chi connectivity index (χ0v) is 10.4. The number of carbonyl (C=O) groups excluding carboxylic acids is 3. The van der Waals surface area contributed by atoms with Crippen LogP contribution in [0.15, 0.2) is 42.1 Å². The Bertz CT molecular complexity index is 750. The molecule has 3 rings (SSSR count). The van der Waals surface area contributed by atoms with Crippen LogP contribution < -0.4 is 5.32 Å². The summed E-state index contributed by atoms with van der Waals surface area (Å²) in [6, 6.07) is 9.17. The van der Waals surface area contributed by atoms with Crippen molar-refractivity contribution < 1.29 is 14.4 Å². The SMILES string of the molecule is O=C1CC(=O)/C(=C/c2ccnc3ccccc23)C(=O)N1. The van der Waals surface area contributed by atoms with Crippen LogP contribution in [0, 0.1) is 0 Å². The number of nitrogens with zero attached hydrogens (tertiary/aromatic N) is 1. The molecule has 1 aliphatic heterocycles. The van der Waals surface area contributed by atoms with Crippen LogP contribution in [0.1, 0.15) is 12.0 Å². The third-order valence-corrected chi connectivity index (χ3v) is 3.10. The molecule has 0 saturated carbocycles. The van der Waals surface area contributed by atoms with Gasteiger partial charge in [-0.15, -0.1) is 0 Å². The number of hydrogen-bond donors (Lipinski definition) is 1. The van der Waals surface area contributed by atoms with Crippen molar-refractivity contribution in [1.29, 1.82) is 0 Å². The Morgan fingerprint density at radius 3 is 2.70 bits per heavy atom. The summed E-state index contributed by atoms with van der Waals surface area (Å²) in [6.45, 7) is 0. The van der Waals surface area contributed by atoms with E-state index in [9.17, 15) is 14.4 Å². The van der Waals surface area contributed by atoms with Crippen molar-refractivity contribution in [2.75, 3.05) is 0 Å². The highest BCUT2D eigenvalue weighted by Crippen LogP contribution is 2.20. The topological polar surface area (TPSA) is 76.1 Å². The Kier molecular flexibility index (Phi) is 2.87. The zero-order valence-electron chi connectivity index (χ0n) is 10.4. The average Bonchev–Trinajstić information content (AvgIpc) is 2.43. The van der Waals surface area contributed by atoms with Gasteiger partial charge in [-0.1, -0.05) is 18.2 Å². The number of amides is 2. The fraction of sp³-hybridized carbons (Fsp3) is 0.0667. The van der Waals surface area contributed by atoms with Gasteiger partial charge in [0.15, 0.2) is 5.78 Å². The number of ketones is 1. The predicted molar refractivity (Wildman–Crippen MR) is 72.5 cm³/mol. The molecule has 5 nitrogen and oxygen atoms in total. The summed E-state index contributed by atoms with van der Waals surface area (Å²) in [5.74, 6) is -1.66. The lowest BCUT2D eigenvalue weighted by molar-refractivity contribution is -0.134. The second kappa shape index (κ2) is 4.70. The van der Waals surface area contributed by atoms with Crippen LogP contribution in [0.2, 0.25) is 0 Å². The van der Waals surface area contributed by atoms with Crippen LogP contribution >= 0.6 is 0 Å². The largest absolute Gasteiger partial charge is 0.293 e. The van der Waals surface area contributed by atoms with Crippen molar-refractivity contribution in [3.63, 3.8) is 0 Å². The van der Waals surface area contributed by atoms with Crippen molar-refractivity contribution in [1.82, 2.24) is 10.3 Å². The molecule has 98 valence electrons. The van der Waals surface area contributed by atoms with Gasteiger partial charge in [-0.05, 0) is 23.8 Å². The molecule has 0 unspecified atom stereocenters. The van der Waals surface area contributed by atoms with Crippen molar-refractivity contribution in [3.05, 3.63) is 47.7 Å². The monoisotopic (exact) mass is 266 g/mol. The number of imide groups is 1. The number of carbonyl (C=O) groups is 3. The molecule has 2 amide bonds. The lowest BCUT2D eigenvalue weighted by Gasteiger charge is -2.12. The summed E-state index contributed by atoms with van der Waals surface area (Å²) in [5, 5.41) is 2.99. The van der Waals surface area contributed by atoms with E-state index in [2.05, 4.69) is 10.3 Å². The van der Waals surface area contributed by atoms with E-state index in [1.807, 2.05) is 24.3 Å². The van der Waals surface area contributed by atoms with Gasteiger partial charge in [-0.3, -0.25) is 24.7 Å². The minimum Gasteiger partial charge on any atom is -0.293 e. The molecule has 0 spiro atoms. The van der Waals surface area contributed by atoms with Gasteiger partial charge in [0.05, 0.1) is 17.5 Å². The zero-order chi connectivity index (χ0) is 14.1. The van der Waals surface area contributed by atoms with E-state index < -0.39 is 17.6 Å². The number of aromatic nitrogens is 1. The molecule has 0 aliphatic carbocycles. The number of fused-ring (bicyclic) bond motifs is 1. The summed E-state index contributed by atoms with van der Waals surface area (Å²) in [7, 11) is 0. The van der Waals surface area contributed by atoms with Crippen molar-refractivity contribution in [3.8, 4) is 0 Å². The molecule has 0 atom stereocenters. The number of Topliss-reactive ketones (excluding diaryl/α,β-unsaturated/α-hetero) is 1. The number of pyridine rings is 1. The highest BCUT2D eigenvalue weighted by molar-refractivity contribution is 6.32. The third kappa shape index (κ3) is 2.09. The second-order valence-electron chi connectivity index (χ2n) is 4.45. The van der Waals surface area contributed by atoms with E-state index in [1.165, 1.54) is 6.08 Å². The van der Waals surface area contributed by atoms with E-state index in [4.69, 9.17) is 0 Å². The normalized spacial score (nSPS) is 17.6. The Hall–Kier alpha value is -2.82. The average molecular weight is 266 g/mol. The smallest absolute Gasteiger partial charge is 0.261 e. The first kappa shape index (κ1) is 12.2. The molecule has 20 heavy (non-hydrogen) atoms. The Morgan fingerprint density at radius 2 is 1.90 bits per heavy atom. The second-order valence-corrected chi connectivity index (χ2v) is 4.45. The molecule has 5 heteroatoms. The van der Waals surface area contributed by atoms with Gasteiger partial charge in [-0.25, -0.2) is 0 Å². The van der Waals surface area contributed by atoms with E-state index >= 15 is 0 Å². The molecule has 2 heterocycles. The standard InChI is InChI=1S/C15H10N2O3/c18-13-8-14(19)17-15(20)11(13)7-9-5-6-16-12-4-2-1-3-10(9)12/h1-7H,8H2,(H,17,19,20)/b11-7-. The van der Waals surface area contributed by atoms with Crippen molar-refractivity contribution in [2.24, 2.45) is 0 Å². The number of rotatable bonds is 1. The molecule has 1 aromatic carbocycles. The van der Waals surface area contributed by atoms with E-state index in [-0.39, 0.29) is 12.0 Å². The summed E-state index contributed by atoms with van der Waals surface area (Å²) in [5.41, 5.74) is 1.51. The predicted octanol–water partition coefficient (Wildman–Crippen LogP) is 1.23. The van der Waals surface area contributed by atoms with Crippen LogP contribution in [-0.2, 0) is 14.4 Å². The van der Waals surface area contributed by atoms with E-state index in [1.54, 1.807) is 12.3 Å². The maximum atomic E-state index is 11.8. The van der Waals surface area contributed by atoms with Gasteiger partial charge in [0, 0.05) is 11.6 Å². The molecule has 1 aromatic heterocycles. The number of para-hydroxylation sites is 1. The number of benzene rings is 1. The van der Waals surface area contributed by atoms with Gasteiger partial charge in [0.25, 0.3) is 5.91 Å². The number of hydrogen-bond acceptors (Lipinski definition) is 4. The van der Waals surface area contributed by atoms with Crippen molar-refractivity contribution in [2.45, 2.75) is 6.42 Å². The summed E-state index contributed by atoms with van der Waals surface area (Å²) in [6.07, 6.45) is 2.83. The first-order valence-electron chi connectivity index (χ1n) is 6.08. The highest BCUT2D eigenvalue weighted by atomic mass is 16.2. The Balaban J connectivity index is 2.12. The summed E-state index contributed by atoms with van der Waals surface area (Å²) < 4.78 is 0. The van der Waals surface area contributed by atoms with Crippen LogP contribution in [0.4, 0.5) is 0 Å². The number of piperidine rings is 1. The molecule has 0 bridgehead atoms. The first-order chi connectivity index (χ1) is 9.65. The van der Waals surface area contributed by atoms with Gasteiger partial charge in [-0.2, -0.15) is 0 Å². The van der Waals surface area contributed by atoms with Gasteiger partial charge >= 0.3 is 0 Å². The van der Waals surface area contributed by atoms with Gasteiger partial charge < -0.3 is 0 Å². The van der Waals surface area contributed by atoms with Crippen LogP contribution in [-0.4, -0.2) is 22.6 Å². The molecular formula is C15H10N2O3. The minimum atomic E-state index is -0.646. The molecule has 0 radical (unpaired) electrons. The molecule has 1 saturated heterocycles. The van der Waals surface area contributed by atoms with Gasteiger partial charge in [0.1, 0.15) is 0 Å². The van der Waals surface area contributed by atoms with Crippen molar-refractivity contribution >= 4 is 34.6 Å². The molecule has 1 aliphatic rings. The number of nitrogens with one attached hydrogen (secondary N) is 1. The molecule has 2 aromatic rings. The quantitative estimate of drug-likeness (QED) is 0.364. The highest BCUT2D eigenvalue weighted by Gasteiger charge is 2.28. The molecule has 1 fully saturated rings. The lowest BCUT2D eigenvalue weighted by Crippen LogP contribution is -2.40. The first-order valence-corrected chi connectivity index (χ1v) is 6.08. The third-order valence-electron chi connectivity index (χ3n) is 3.10. The lowest BCUT2D eigenvalue weighted by atomic mass is 9.99. The van der Waals surface area contributed by atoms with E-state index in [0.29, 0.717) is 0 Å². The van der Waals surface area contributed by atoms with Crippen LogP contribution in [0.3, 0.4) is 0 Å². The molecular weight excluding hydrogens is 256 g/mol. The minimum absolute atomic E-state index is 0.000882. The Labute approximate surface area is 114 Å². The fourth-order valence-electron chi connectivity index (χ4n) is 2.15. The Morgan fingerprint density at radius 1 is 1.10 bits per heavy atom. The summed E-state index contributed by atoms with van der Waals surface area (Å²) in [4.78, 5) is 38.8. The summed E-state index contributed by atoms with van der Waals surface area (Å²) >= 11 is 0. The maximum absolute atomic E-state index is 11.8. The maximum Gasteiger partial charge on any atom is 0.261 e. The fourth-order valence-corrected chi connectivity index (χ4v) is 2.15. The van der Waals surface area contributed by atoms with Crippen LogP contribution in [0.25, 0.3) is 17.0 Å². The molecule has 1 N–H and O–H groups in total. The van der Waals surface area contributed by atoms with Gasteiger partial charge in [0.2, 0.25) is 5.91 Å². The van der Waals surface area contributed by atoms with E-state index in [0.717, 1.165) is 16.5 Å². The van der Waals surface area contributed by atoms with Crippen LogP contribution in [0.5, 0.6) is 0 Å².